The molecule has 1 fully saturated rings. The van der Waals surface area contributed by atoms with Crippen LogP contribution in [0.5, 0.6) is 0 Å². The van der Waals surface area contributed by atoms with Crippen LogP contribution in [0.3, 0.4) is 0 Å². The minimum Gasteiger partial charge on any atom is -0.316 e. The second-order valence-electron chi connectivity index (χ2n) is 4.82. The Morgan fingerprint density at radius 3 is 2.57 bits per heavy atom. The minimum atomic E-state index is -0.0265. The van der Waals surface area contributed by atoms with Crippen molar-refractivity contribution in [2.45, 2.75) is 46.0 Å². The van der Waals surface area contributed by atoms with Gasteiger partial charge in [0, 0.05) is 0 Å². The van der Waals surface area contributed by atoms with Crippen LogP contribution in [0.25, 0.3) is 0 Å². The molecule has 2 heteroatoms. The molecule has 0 heterocycles. The predicted molar refractivity (Wildman–Crippen MR) is 58.8 cm³/mol. The summed E-state index contributed by atoms with van der Waals surface area (Å²) in [6, 6.07) is 2.45. The summed E-state index contributed by atoms with van der Waals surface area (Å²) in [6.07, 6.45) is 5.83. The molecule has 1 aliphatic rings. The van der Waals surface area contributed by atoms with Crippen molar-refractivity contribution in [3.05, 3.63) is 0 Å². The molecule has 14 heavy (non-hydrogen) atoms. The lowest BCUT2D eigenvalue weighted by molar-refractivity contribution is 0.225. The third-order valence-electron chi connectivity index (χ3n) is 3.34. The lowest BCUT2D eigenvalue weighted by atomic mass is 9.73. The molecule has 1 aliphatic carbocycles. The van der Waals surface area contributed by atoms with E-state index in [0.717, 1.165) is 31.8 Å². The fourth-order valence-corrected chi connectivity index (χ4v) is 2.11. The van der Waals surface area contributed by atoms with Crippen LogP contribution in [0.15, 0.2) is 0 Å². The van der Waals surface area contributed by atoms with Crippen LogP contribution in [-0.4, -0.2) is 13.1 Å². The van der Waals surface area contributed by atoms with Gasteiger partial charge in [0.2, 0.25) is 0 Å². The number of nitrogens with one attached hydrogen (secondary N) is 1. The molecule has 1 rings (SSSR count). The Balaban J connectivity index is 2.20. The Kier molecular flexibility index (Phi) is 4.41. The first-order valence-electron chi connectivity index (χ1n) is 5.82. The third kappa shape index (κ3) is 3.31. The number of nitriles is 1. The first kappa shape index (κ1) is 11.5. The van der Waals surface area contributed by atoms with E-state index in [0.29, 0.717) is 0 Å². The molecule has 0 aromatic carbocycles. The molecule has 0 spiro atoms. The van der Waals surface area contributed by atoms with Crippen molar-refractivity contribution in [3.8, 4) is 6.07 Å². The van der Waals surface area contributed by atoms with E-state index in [2.05, 4.69) is 25.2 Å². The first-order chi connectivity index (χ1) is 6.70. The molecular weight excluding hydrogens is 172 g/mol. The van der Waals surface area contributed by atoms with Crippen molar-refractivity contribution in [1.82, 2.24) is 5.32 Å². The van der Waals surface area contributed by atoms with E-state index in [4.69, 9.17) is 5.26 Å². The van der Waals surface area contributed by atoms with Gasteiger partial charge >= 0.3 is 0 Å². The zero-order valence-corrected chi connectivity index (χ0v) is 9.47. The highest BCUT2D eigenvalue weighted by Gasteiger charge is 2.30. The van der Waals surface area contributed by atoms with Crippen LogP contribution in [0.2, 0.25) is 0 Å². The van der Waals surface area contributed by atoms with Crippen molar-refractivity contribution in [2.75, 3.05) is 13.1 Å². The van der Waals surface area contributed by atoms with E-state index in [1.165, 1.54) is 19.3 Å². The lowest BCUT2D eigenvalue weighted by Gasteiger charge is -2.32. The molecule has 0 unspecified atom stereocenters. The average Bonchev–Trinajstić information content (AvgIpc) is 2.22. The van der Waals surface area contributed by atoms with Crippen molar-refractivity contribution >= 4 is 0 Å². The standard InChI is InChI=1S/C12H22N2/c1-3-8-14-9-11-4-6-12(2,10-13)7-5-11/h11,14H,3-9H2,1-2H3. The van der Waals surface area contributed by atoms with E-state index in [9.17, 15) is 0 Å². The zero-order valence-electron chi connectivity index (χ0n) is 9.47. The number of nitrogens with zero attached hydrogens (tertiary/aromatic N) is 1. The lowest BCUT2D eigenvalue weighted by Crippen LogP contribution is -2.30. The predicted octanol–water partition coefficient (Wildman–Crippen LogP) is 2.71. The summed E-state index contributed by atoms with van der Waals surface area (Å²) >= 11 is 0. The van der Waals surface area contributed by atoms with Crippen LogP contribution in [-0.2, 0) is 0 Å². The third-order valence-corrected chi connectivity index (χ3v) is 3.34. The largest absolute Gasteiger partial charge is 0.316 e. The van der Waals surface area contributed by atoms with Gasteiger partial charge in [-0.05, 0) is 58.0 Å². The van der Waals surface area contributed by atoms with Crippen LogP contribution in [0.4, 0.5) is 0 Å². The Hall–Kier alpha value is -0.550. The molecule has 0 atom stereocenters. The SMILES string of the molecule is CCCNCC1CCC(C)(C#N)CC1. The summed E-state index contributed by atoms with van der Waals surface area (Å²) in [7, 11) is 0. The van der Waals surface area contributed by atoms with Crippen molar-refractivity contribution in [2.24, 2.45) is 11.3 Å². The van der Waals surface area contributed by atoms with Crippen molar-refractivity contribution in [3.63, 3.8) is 0 Å². The van der Waals surface area contributed by atoms with E-state index < -0.39 is 0 Å². The highest BCUT2D eigenvalue weighted by atomic mass is 14.8. The second kappa shape index (κ2) is 5.36. The van der Waals surface area contributed by atoms with Crippen LogP contribution in [0.1, 0.15) is 46.0 Å². The Morgan fingerprint density at radius 2 is 2.07 bits per heavy atom. The molecule has 1 N–H and O–H groups in total. The minimum absolute atomic E-state index is 0.0265. The maximum Gasteiger partial charge on any atom is 0.0686 e. The van der Waals surface area contributed by atoms with Gasteiger partial charge in [0.1, 0.15) is 0 Å². The molecule has 2 nitrogen and oxygen atoms in total. The molecule has 0 saturated heterocycles. The van der Waals surface area contributed by atoms with E-state index in [1.807, 2.05) is 0 Å². The molecular formula is C12H22N2. The highest BCUT2D eigenvalue weighted by molar-refractivity contribution is 4.98. The highest BCUT2D eigenvalue weighted by Crippen LogP contribution is 2.37. The summed E-state index contributed by atoms with van der Waals surface area (Å²) in [5, 5.41) is 12.5. The van der Waals surface area contributed by atoms with E-state index in [-0.39, 0.29) is 5.41 Å². The molecule has 0 aliphatic heterocycles. The smallest absolute Gasteiger partial charge is 0.0686 e. The zero-order chi connectivity index (χ0) is 10.4. The van der Waals surface area contributed by atoms with Gasteiger partial charge in [0.25, 0.3) is 0 Å². The Morgan fingerprint density at radius 1 is 1.43 bits per heavy atom. The Bertz CT molecular complexity index is 197. The van der Waals surface area contributed by atoms with Crippen molar-refractivity contribution in [1.29, 1.82) is 5.26 Å². The fraction of sp³-hybridized carbons (Fsp3) is 0.917. The number of hydrogen-bond donors (Lipinski definition) is 1. The Labute approximate surface area is 87.7 Å². The summed E-state index contributed by atoms with van der Waals surface area (Å²) < 4.78 is 0. The van der Waals surface area contributed by atoms with E-state index >= 15 is 0 Å². The van der Waals surface area contributed by atoms with E-state index in [1.54, 1.807) is 0 Å². The molecule has 0 amide bonds. The monoisotopic (exact) mass is 194 g/mol. The second-order valence-corrected chi connectivity index (χ2v) is 4.82. The number of rotatable bonds is 4. The van der Waals surface area contributed by atoms with Crippen LogP contribution >= 0.6 is 0 Å². The number of hydrogen-bond acceptors (Lipinski definition) is 2. The molecule has 0 radical (unpaired) electrons. The quantitative estimate of drug-likeness (QED) is 0.698. The van der Waals surface area contributed by atoms with Gasteiger partial charge in [0.05, 0.1) is 11.5 Å². The summed E-state index contributed by atoms with van der Waals surface area (Å²) in [4.78, 5) is 0. The molecule has 0 aromatic heterocycles. The van der Waals surface area contributed by atoms with Gasteiger partial charge in [-0.1, -0.05) is 6.92 Å². The van der Waals surface area contributed by atoms with Gasteiger partial charge in [-0.3, -0.25) is 0 Å². The average molecular weight is 194 g/mol. The topological polar surface area (TPSA) is 35.8 Å². The maximum atomic E-state index is 8.99. The molecule has 1 saturated carbocycles. The normalized spacial score (nSPS) is 32.5. The van der Waals surface area contributed by atoms with Crippen molar-refractivity contribution < 1.29 is 0 Å². The van der Waals surface area contributed by atoms with Gasteiger partial charge in [-0.25, -0.2) is 0 Å². The van der Waals surface area contributed by atoms with Gasteiger partial charge in [-0.15, -0.1) is 0 Å². The van der Waals surface area contributed by atoms with Crippen LogP contribution < -0.4 is 5.32 Å². The molecule has 0 aromatic rings. The fourth-order valence-electron chi connectivity index (χ4n) is 2.11. The van der Waals surface area contributed by atoms with Gasteiger partial charge < -0.3 is 5.32 Å². The summed E-state index contributed by atoms with van der Waals surface area (Å²) in [6.45, 7) is 6.57. The van der Waals surface area contributed by atoms with Gasteiger partial charge in [0.15, 0.2) is 0 Å². The maximum absolute atomic E-state index is 8.99. The molecule has 80 valence electrons. The van der Waals surface area contributed by atoms with Gasteiger partial charge in [-0.2, -0.15) is 5.26 Å². The molecule has 0 bridgehead atoms. The first-order valence-corrected chi connectivity index (χ1v) is 5.82. The van der Waals surface area contributed by atoms with Crippen LogP contribution in [0, 0.1) is 22.7 Å². The summed E-state index contributed by atoms with van der Waals surface area (Å²) in [5.41, 5.74) is -0.0265. The summed E-state index contributed by atoms with van der Waals surface area (Å²) in [5.74, 6) is 0.808.